The summed E-state index contributed by atoms with van der Waals surface area (Å²) in [6.07, 6.45) is 2.40. The van der Waals surface area contributed by atoms with E-state index in [1.807, 2.05) is 0 Å². The van der Waals surface area contributed by atoms with Crippen LogP contribution in [0.15, 0.2) is 53.4 Å². The fourth-order valence-electron chi connectivity index (χ4n) is 3.55. The molecule has 166 valence electrons. The van der Waals surface area contributed by atoms with Gasteiger partial charge in [0.15, 0.2) is 0 Å². The van der Waals surface area contributed by atoms with Crippen molar-refractivity contribution in [1.29, 1.82) is 0 Å². The summed E-state index contributed by atoms with van der Waals surface area (Å²) in [5, 5.41) is 12.1. The van der Waals surface area contributed by atoms with Gasteiger partial charge >= 0.3 is 5.97 Å². The topological polar surface area (TPSA) is 104 Å². The molecule has 1 aliphatic rings. The number of rotatable bonds is 8. The van der Waals surface area contributed by atoms with E-state index in [4.69, 9.17) is 16.7 Å². The molecule has 1 fully saturated rings. The second-order valence-corrected chi connectivity index (χ2v) is 9.84. The van der Waals surface area contributed by atoms with Gasteiger partial charge in [-0.2, -0.15) is 4.31 Å². The van der Waals surface area contributed by atoms with Gasteiger partial charge in [0.05, 0.1) is 4.90 Å². The fraction of sp³-hybridized carbons (Fsp3) is 0.364. The molecular formula is C22H25ClN2O5S. The molecular weight excluding hydrogens is 440 g/mol. The summed E-state index contributed by atoms with van der Waals surface area (Å²) in [5.41, 5.74) is 1.57. The molecule has 0 spiro atoms. The van der Waals surface area contributed by atoms with Crippen molar-refractivity contribution >= 4 is 33.5 Å². The number of benzene rings is 2. The summed E-state index contributed by atoms with van der Waals surface area (Å²) in [4.78, 5) is 23.5. The largest absolute Gasteiger partial charge is 0.481 e. The molecule has 0 aromatic heterocycles. The number of carbonyl (C=O) groups is 2. The Balaban J connectivity index is 1.91. The summed E-state index contributed by atoms with van der Waals surface area (Å²) < 4.78 is 28.2. The molecule has 1 heterocycles. The van der Waals surface area contributed by atoms with Crippen molar-refractivity contribution in [3.63, 3.8) is 0 Å². The highest BCUT2D eigenvalue weighted by molar-refractivity contribution is 7.89. The van der Waals surface area contributed by atoms with E-state index in [0.717, 1.165) is 18.4 Å². The molecule has 0 saturated carbocycles. The zero-order valence-corrected chi connectivity index (χ0v) is 18.5. The second kappa shape index (κ2) is 10.3. The standard InChI is InChI=1S/C22H25ClN2O5S/c23-18-9-11-19(12-10-18)31(29,30)25(20-3-1-2-14-24-22(20)28)15-17-6-4-16(5-7-17)8-13-21(26)27/h4-7,9-12,20H,1-3,8,13-15H2,(H,24,28)(H,26,27)/t20-/m1/s1. The van der Waals surface area contributed by atoms with Crippen LogP contribution in [0.5, 0.6) is 0 Å². The van der Waals surface area contributed by atoms with Crippen LogP contribution < -0.4 is 5.32 Å². The Hall–Kier alpha value is -2.42. The minimum absolute atomic E-state index is 0.0265. The summed E-state index contributed by atoms with van der Waals surface area (Å²) in [6.45, 7) is 0.560. The number of hydrogen-bond acceptors (Lipinski definition) is 4. The third-order valence-electron chi connectivity index (χ3n) is 5.26. The number of carboxylic acid groups (broad SMARTS) is 1. The summed E-state index contributed by atoms with van der Waals surface area (Å²) in [7, 11) is -3.96. The number of halogens is 1. The molecule has 2 aromatic rings. The van der Waals surface area contributed by atoms with Gasteiger partial charge in [-0.25, -0.2) is 8.42 Å². The molecule has 3 rings (SSSR count). The zero-order valence-electron chi connectivity index (χ0n) is 17.0. The minimum Gasteiger partial charge on any atom is -0.481 e. The van der Waals surface area contributed by atoms with E-state index < -0.39 is 22.0 Å². The molecule has 0 radical (unpaired) electrons. The van der Waals surface area contributed by atoms with E-state index >= 15 is 0 Å². The van der Waals surface area contributed by atoms with Gasteiger partial charge in [-0.05, 0) is 61.1 Å². The first-order valence-corrected chi connectivity index (χ1v) is 11.9. The lowest BCUT2D eigenvalue weighted by Crippen LogP contribution is -2.48. The number of carbonyl (C=O) groups excluding carboxylic acids is 1. The van der Waals surface area contributed by atoms with Crippen molar-refractivity contribution in [2.45, 2.75) is 49.6 Å². The number of aryl methyl sites for hydroxylation is 1. The highest BCUT2D eigenvalue weighted by atomic mass is 35.5. The van der Waals surface area contributed by atoms with Crippen LogP contribution in [0, 0.1) is 0 Å². The Kier molecular flexibility index (Phi) is 7.69. The van der Waals surface area contributed by atoms with Gasteiger partial charge in [-0.3, -0.25) is 9.59 Å². The summed E-state index contributed by atoms with van der Waals surface area (Å²) in [6, 6.07) is 12.2. The molecule has 0 aliphatic carbocycles. The number of hydrogen-bond donors (Lipinski definition) is 2. The predicted molar refractivity (Wildman–Crippen MR) is 117 cm³/mol. The van der Waals surface area contributed by atoms with Crippen LogP contribution in [0.3, 0.4) is 0 Å². The highest BCUT2D eigenvalue weighted by Crippen LogP contribution is 2.26. The smallest absolute Gasteiger partial charge is 0.303 e. The number of carboxylic acids is 1. The van der Waals surface area contributed by atoms with Crippen LogP contribution in [0.2, 0.25) is 5.02 Å². The first-order valence-electron chi connectivity index (χ1n) is 10.1. The van der Waals surface area contributed by atoms with E-state index in [1.165, 1.54) is 28.6 Å². The monoisotopic (exact) mass is 464 g/mol. The highest BCUT2D eigenvalue weighted by Gasteiger charge is 2.36. The average Bonchev–Trinajstić information content (AvgIpc) is 2.95. The van der Waals surface area contributed by atoms with E-state index in [9.17, 15) is 18.0 Å². The van der Waals surface area contributed by atoms with Gasteiger partial charge < -0.3 is 10.4 Å². The predicted octanol–water partition coefficient (Wildman–Crippen LogP) is 3.22. The maximum absolute atomic E-state index is 13.5. The van der Waals surface area contributed by atoms with Crippen molar-refractivity contribution in [3.05, 3.63) is 64.7 Å². The van der Waals surface area contributed by atoms with E-state index in [2.05, 4.69) is 5.32 Å². The Morgan fingerprint density at radius 2 is 1.71 bits per heavy atom. The van der Waals surface area contributed by atoms with Crippen LogP contribution in [0.25, 0.3) is 0 Å². The average molecular weight is 465 g/mol. The second-order valence-electron chi connectivity index (χ2n) is 7.52. The van der Waals surface area contributed by atoms with E-state index in [0.29, 0.717) is 30.0 Å². The SMILES string of the molecule is O=C(O)CCc1ccc(CN([C@@H]2CCCCNC2=O)S(=O)(=O)c2ccc(Cl)cc2)cc1. The number of sulfonamides is 1. The zero-order chi connectivity index (χ0) is 22.4. The molecule has 7 nitrogen and oxygen atoms in total. The van der Waals surface area contributed by atoms with Crippen LogP contribution in [0.1, 0.15) is 36.8 Å². The first-order chi connectivity index (χ1) is 14.8. The van der Waals surface area contributed by atoms with Crippen molar-refractivity contribution in [3.8, 4) is 0 Å². The molecule has 1 atom stereocenters. The van der Waals surface area contributed by atoms with Gasteiger partial charge in [-0.1, -0.05) is 35.9 Å². The number of nitrogens with zero attached hydrogens (tertiary/aromatic N) is 1. The maximum atomic E-state index is 13.5. The molecule has 2 aromatic carbocycles. The van der Waals surface area contributed by atoms with Crippen molar-refractivity contribution in [2.75, 3.05) is 6.54 Å². The Morgan fingerprint density at radius 1 is 1.06 bits per heavy atom. The minimum atomic E-state index is -3.96. The van der Waals surface area contributed by atoms with Gasteiger partial charge in [0, 0.05) is 24.5 Å². The summed E-state index contributed by atoms with van der Waals surface area (Å²) in [5.74, 6) is -1.17. The molecule has 31 heavy (non-hydrogen) atoms. The van der Waals surface area contributed by atoms with Crippen LogP contribution in [0.4, 0.5) is 0 Å². The normalized spacial score (nSPS) is 17.2. The van der Waals surface area contributed by atoms with E-state index in [-0.39, 0.29) is 23.8 Å². The Labute approximate surface area is 187 Å². The number of amides is 1. The van der Waals surface area contributed by atoms with Crippen molar-refractivity contribution < 1.29 is 23.1 Å². The van der Waals surface area contributed by atoms with Crippen LogP contribution in [-0.4, -0.2) is 42.3 Å². The number of nitrogens with one attached hydrogen (secondary N) is 1. The molecule has 1 aliphatic heterocycles. The summed E-state index contributed by atoms with van der Waals surface area (Å²) >= 11 is 5.92. The maximum Gasteiger partial charge on any atom is 0.303 e. The quantitative estimate of drug-likeness (QED) is 0.624. The van der Waals surface area contributed by atoms with Gasteiger partial charge in [-0.15, -0.1) is 0 Å². The van der Waals surface area contributed by atoms with Gasteiger partial charge in [0.2, 0.25) is 15.9 Å². The van der Waals surface area contributed by atoms with Crippen molar-refractivity contribution in [2.24, 2.45) is 0 Å². The van der Waals surface area contributed by atoms with Gasteiger partial charge in [0.25, 0.3) is 0 Å². The Morgan fingerprint density at radius 3 is 2.35 bits per heavy atom. The van der Waals surface area contributed by atoms with Crippen molar-refractivity contribution in [1.82, 2.24) is 9.62 Å². The number of aliphatic carboxylic acids is 1. The lowest BCUT2D eigenvalue weighted by atomic mass is 10.1. The van der Waals surface area contributed by atoms with Crippen LogP contribution >= 0.6 is 11.6 Å². The third-order valence-corrected chi connectivity index (χ3v) is 7.38. The van der Waals surface area contributed by atoms with Gasteiger partial charge in [0.1, 0.15) is 6.04 Å². The molecule has 0 bridgehead atoms. The first kappa shape index (κ1) is 23.2. The molecule has 0 unspecified atom stereocenters. The third kappa shape index (κ3) is 6.06. The molecule has 2 N–H and O–H groups in total. The molecule has 1 saturated heterocycles. The lowest BCUT2D eigenvalue weighted by Gasteiger charge is -2.29. The van der Waals surface area contributed by atoms with E-state index in [1.54, 1.807) is 24.3 Å². The molecule has 9 heteroatoms. The lowest BCUT2D eigenvalue weighted by molar-refractivity contribution is -0.137. The molecule has 1 amide bonds. The Bertz CT molecular complexity index is 1020. The fourth-order valence-corrected chi connectivity index (χ4v) is 5.28. The van der Waals surface area contributed by atoms with Crippen LogP contribution in [-0.2, 0) is 32.6 Å².